The van der Waals surface area contributed by atoms with Crippen LogP contribution in [0.2, 0.25) is 0 Å². The average molecular weight is 538 g/mol. The minimum Gasteiger partial charge on any atom is -0.479 e. The highest BCUT2D eigenvalue weighted by molar-refractivity contribution is 5.96. The number of ether oxygens (including phenoxy) is 1. The van der Waals surface area contributed by atoms with Gasteiger partial charge in [0.05, 0.1) is 11.1 Å². The molecule has 4 rings (SSSR count). The summed E-state index contributed by atoms with van der Waals surface area (Å²) in [7, 11) is 0. The summed E-state index contributed by atoms with van der Waals surface area (Å²) in [6.07, 6.45) is -3.57. The van der Waals surface area contributed by atoms with Gasteiger partial charge in [0.25, 0.3) is 5.91 Å². The summed E-state index contributed by atoms with van der Waals surface area (Å²) >= 11 is 0. The maximum Gasteiger partial charge on any atom is 0.417 e. The normalized spacial score (nSPS) is 14.3. The van der Waals surface area contributed by atoms with Crippen LogP contribution in [0.1, 0.15) is 40.4 Å². The van der Waals surface area contributed by atoms with Crippen LogP contribution in [-0.2, 0) is 11.0 Å². The molecule has 1 N–H and O–H groups in total. The number of hydrogen-bond donors (Lipinski definition) is 1. The average Bonchev–Trinajstić information content (AvgIpc) is 2.94. The van der Waals surface area contributed by atoms with E-state index in [-0.39, 0.29) is 18.7 Å². The van der Waals surface area contributed by atoms with Crippen molar-refractivity contribution in [2.75, 3.05) is 31.1 Å². The zero-order chi connectivity index (χ0) is 28.0. The molecule has 1 aliphatic heterocycles. The highest BCUT2D eigenvalue weighted by Gasteiger charge is 2.36. The predicted molar refractivity (Wildman–Crippen MR) is 139 cm³/mol. The number of amides is 1. The topological polar surface area (TPSA) is 83.0 Å². The van der Waals surface area contributed by atoms with Crippen molar-refractivity contribution < 1.29 is 32.6 Å². The quantitative estimate of drug-likeness (QED) is 0.459. The van der Waals surface area contributed by atoms with Gasteiger partial charge in [-0.2, -0.15) is 13.2 Å². The van der Waals surface area contributed by atoms with Crippen LogP contribution in [0.5, 0.6) is 5.75 Å². The Hall–Kier alpha value is -4.52. The van der Waals surface area contributed by atoms with Gasteiger partial charge < -0.3 is 19.6 Å². The van der Waals surface area contributed by atoms with Gasteiger partial charge in [-0.15, -0.1) is 0 Å². The second-order valence-electron chi connectivity index (χ2n) is 8.86. The van der Waals surface area contributed by atoms with Crippen molar-refractivity contribution in [1.82, 2.24) is 9.88 Å². The summed E-state index contributed by atoms with van der Waals surface area (Å²) in [5.74, 6) is 5.47. The van der Waals surface area contributed by atoms with Gasteiger partial charge in [-0.05, 0) is 48.9 Å². The lowest BCUT2D eigenvalue weighted by Crippen LogP contribution is -2.49. The first-order valence-electron chi connectivity index (χ1n) is 12.3. The van der Waals surface area contributed by atoms with Crippen molar-refractivity contribution in [1.29, 1.82) is 0 Å². The van der Waals surface area contributed by atoms with Crippen molar-refractivity contribution in [3.05, 3.63) is 89.1 Å². The second-order valence-corrected chi connectivity index (χ2v) is 8.86. The smallest absolute Gasteiger partial charge is 0.417 e. The number of hydrogen-bond acceptors (Lipinski definition) is 5. The lowest BCUT2D eigenvalue weighted by Gasteiger charge is -2.35. The van der Waals surface area contributed by atoms with Gasteiger partial charge in [0.1, 0.15) is 11.6 Å². The molecule has 0 spiro atoms. The van der Waals surface area contributed by atoms with Crippen molar-refractivity contribution in [3.63, 3.8) is 0 Å². The molecule has 7 nitrogen and oxygen atoms in total. The maximum atomic E-state index is 13.3. The molecule has 1 unspecified atom stereocenters. The third-order valence-electron chi connectivity index (χ3n) is 6.21. The minimum atomic E-state index is -4.60. The molecule has 202 valence electrons. The van der Waals surface area contributed by atoms with Crippen LogP contribution in [0.4, 0.5) is 19.0 Å². The predicted octanol–water partition coefficient (Wildman–Crippen LogP) is 4.70. The first-order valence-corrected chi connectivity index (χ1v) is 12.3. The molecular formula is C29H26F3N3O4. The van der Waals surface area contributed by atoms with Crippen LogP contribution in [0, 0.1) is 11.8 Å². The molecule has 1 aromatic heterocycles. The Kier molecular flexibility index (Phi) is 8.39. The number of piperazine rings is 1. The van der Waals surface area contributed by atoms with Crippen molar-refractivity contribution in [2.45, 2.75) is 25.6 Å². The van der Waals surface area contributed by atoms with Gasteiger partial charge in [0, 0.05) is 43.5 Å². The van der Waals surface area contributed by atoms with Gasteiger partial charge in [-0.1, -0.05) is 37.0 Å². The van der Waals surface area contributed by atoms with Crippen molar-refractivity contribution in [3.8, 4) is 17.6 Å². The van der Waals surface area contributed by atoms with E-state index in [1.54, 1.807) is 43.5 Å². The molecule has 1 atom stereocenters. The summed E-state index contributed by atoms with van der Waals surface area (Å²) in [5, 5.41) is 9.18. The maximum absolute atomic E-state index is 13.3. The van der Waals surface area contributed by atoms with Crippen LogP contribution in [0.3, 0.4) is 0 Å². The number of benzene rings is 2. The zero-order valence-electron chi connectivity index (χ0n) is 21.1. The molecular weight excluding hydrogens is 511 g/mol. The molecule has 10 heteroatoms. The van der Waals surface area contributed by atoms with Crippen LogP contribution < -0.4 is 9.64 Å². The summed E-state index contributed by atoms with van der Waals surface area (Å²) in [5.41, 5.74) is 0.0495. The molecule has 0 aliphatic carbocycles. The van der Waals surface area contributed by atoms with E-state index < -0.39 is 29.7 Å². The molecule has 0 radical (unpaired) electrons. The zero-order valence-corrected chi connectivity index (χ0v) is 21.1. The van der Waals surface area contributed by atoms with Crippen LogP contribution in [-0.4, -0.2) is 59.1 Å². The second kappa shape index (κ2) is 11.9. The van der Waals surface area contributed by atoms with Crippen LogP contribution in [0.15, 0.2) is 66.9 Å². The number of carbonyl (C=O) groups is 2. The number of carboxylic acids is 1. The molecule has 1 fully saturated rings. The molecule has 3 aromatic rings. The number of anilines is 1. The molecule has 2 aromatic carbocycles. The van der Waals surface area contributed by atoms with Gasteiger partial charge in [-0.25, -0.2) is 9.78 Å². The Morgan fingerprint density at radius 3 is 2.36 bits per heavy atom. The van der Waals surface area contributed by atoms with E-state index in [0.717, 1.165) is 6.07 Å². The largest absolute Gasteiger partial charge is 0.479 e. The highest BCUT2D eigenvalue weighted by atomic mass is 19.4. The molecule has 1 saturated heterocycles. The first kappa shape index (κ1) is 27.5. The van der Waals surface area contributed by atoms with Crippen molar-refractivity contribution >= 4 is 17.7 Å². The highest BCUT2D eigenvalue weighted by Crippen LogP contribution is 2.32. The van der Waals surface area contributed by atoms with Gasteiger partial charge >= 0.3 is 12.1 Å². The number of nitrogens with zero attached hydrogens (tertiary/aromatic N) is 3. The molecule has 2 heterocycles. The molecule has 0 saturated carbocycles. The van der Waals surface area contributed by atoms with Gasteiger partial charge in [0.15, 0.2) is 6.10 Å². The van der Waals surface area contributed by atoms with E-state index in [0.29, 0.717) is 42.2 Å². The van der Waals surface area contributed by atoms with Crippen LogP contribution in [0.25, 0.3) is 0 Å². The number of carboxylic acid groups (broad SMARTS) is 1. The molecule has 1 aliphatic rings. The summed E-state index contributed by atoms with van der Waals surface area (Å²) in [6, 6.07) is 15.3. The number of carbonyl (C=O) groups excluding carboxylic acids is 1. The Balaban J connectivity index is 1.37. The number of aliphatic carboxylic acids is 1. The van der Waals surface area contributed by atoms with Crippen LogP contribution >= 0.6 is 0 Å². The lowest BCUT2D eigenvalue weighted by atomic mass is 10.1. The minimum absolute atomic E-state index is 0.271. The lowest BCUT2D eigenvalue weighted by molar-refractivity contribution is -0.145. The van der Waals surface area contributed by atoms with E-state index in [1.165, 1.54) is 23.1 Å². The van der Waals surface area contributed by atoms with Gasteiger partial charge in [0.2, 0.25) is 0 Å². The Labute approximate surface area is 223 Å². The molecule has 39 heavy (non-hydrogen) atoms. The third kappa shape index (κ3) is 6.87. The van der Waals surface area contributed by atoms with E-state index in [4.69, 9.17) is 4.74 Å². The Bertz CT molecular complexity index is 1390. The van der Waals surface area contributed by atoms with Gasteiger partial charge in [-0.3, -0.25) is 4.79 Å². The fourth-order valence-electron chi connectivity index (χ4n) is 4.14. The summed E-state index contributed by atoms with van der Waals surface area (Å²) in [4.78, 5) is 31.9. The summed E-state index contributed by atoms with van der Waals surface area (Å²) in [6.45, 7) is 3.14. The van der Waals surface area contributed by atoms with E-state index in [2.05, 4.69) is 16.8 Å². The molecule has 1 amide bonds. The fourth-order valence-corrected chi connectivity index (χ4v) is 4.14. The van der Waals surface area contributed by atoms with Crippen molar-refractivity contribution in [2.24, 2.45) is 0 Å². The molecule has 0 bridgehead atoms. The number of alkyl halides is 3. The number of aromatic nitrogens is 1. The number of halogens is 3. The van der Waals surface area contributed by atoms with E-state index >= 15 is 0 Å². The first-order chi connectivity index (χ1) is 18.7. The number of rotatable bonds is 6. The SMILES string of the molecule is CCC(Oc1cccc(C#Cc2ccc(N3CCN(C(=O)c4ccccc4C(F)(F)F)CC3)nc2)c1)C(=O)O. The Morgan fingerprint density at radius 1 is 1.00 bits per heavy atom. The number of pyridine rings is 1. The van der Waals surface area contributed by atoms with E-state index in [9.17, 15) is 27.9 Å². The standard InChI is InChI=1S/C29H26F3N3O4/c1-2-25(28(37)38)39-22-7-5-6-20(18-22)10-11-21-12-13-26(33-19-21)34-14-16-35(17-15-34)27(36)23-8-3-4-9-24(23)29(30,31)32/h3-9,12-13,18-19,25H,2,14-17H2,1H3,(H,37,38). The fraction of sp³-hybridized carbons (Fsp3) is 0.276. The summed E-state index contributed by atoms with van der Waals surface area (Å²) < 4.78 is 45.5. The Morgan fingerprint density at radius 2 is 1.72 bits per heavy atom. The monoisotopic (exact) mass is 537 g/mol. The van der Waals surface area contributed by atoms with E-state index in [1.807, 2.05) is 11.0 Å². The third-order valence-corrected chi connectivity index (χ3v) is 6.21.